The molecule has 3 N–H and O–H groups in total. The van der Waals surface area contributed by atoms with E-state index in [-0.39, 0.29) is 0 Å². The molecular formula is C16H18N4S. The minimum Gasteiger partial charge on any atom is -0.399 e. The molecule has 4 nitrogen and oxygen atoms in total. The van der Waals surface area contributed by atoms with Crippen LogP contribution in [0.25, 0.3) is 10.9 Å². The summed E-state index contributed by atoms with van der Waals surface area (Å²) in [5.41, 5.74) is 7.50. The van der Waals surface area contributed by atoms with Crippen molar-refractivity contribution in [2.45, 2.75) is 26.3 Å². The van der Waals surface area contributed by atoms with E-state index in [1.807, 2.05) is 29.5 Å². The molecule has 1 unspecified atom stereocenters. The maximum atomic E-state index is 5.87. The first-order valence-corrected chi connectivity index (χ1v) is 7.75. The SMILES string of the molecule is Cc1ccc(CC(C)Nc2ncnc3ccc(N)cc23)s1. The molecule has 0 fully saturated rings. The number of nitrogens with two attached hydrogens (primary N) is 1. The third kappa shape index (κ3) is 3.13. The van der Waals surface area contributed by atoms with Crippen LogP contribution in [0.15, 0.2) is 36.7 Å². The average Bonchev–Trinajstić information content (AvgIpc) is 2.84. The van der Waals surface area contributed by atoms with Crippen LogP contribution in [-0.4, -0.2) is 16.0 Å². The molecule has 0 aliphatic rings. The highest BCUT2D eigenvalue weighted by Gasteiger charge is 2.09. The average molecular weight is 298 g/mol. The summed E-state index contributed by atoms with van der Waals surface area (Å²) in [7, 11) is 0. The number of rotatable bonds is 4. The number of thiophene rings is 1. The number of nitrogens with one attached hydrogen (secondary N) is 1. The van der Waals surface area contributed by atoms with Crippen LogP contribution in [-0.2, 0) is 6.42 Å². The highest BCUT2D eigenvalue weighted by Crippen LogP contribution is 2.23. The molecule has 0 saturated heterocycles. The topological polar surface area (TPSA) is 63.8 Å². The van der Waals surface area contributed by atoms with Crippen molar-refractivity contribution in [2.24, 2.45) is 0 Å². The van der Waals surface area contributed by atoms with Gasteiger partial charge in [0.25, 0.3) is 0 Å². The molecule has 2 heterocycles. The van der Waals surface area contributed by atoms with Crippen molar-refractivity contribution in [2.75, 3.05) is 11.1 Å². The zero-order chi connectivity index (χ0) is 14.8. The van der Waals surface area contributed by atoms with Gasteiger partial charge in [-0.1, -0.05) is 0 Å². The molecular weight excluding hydrogens is 280 g/mol. The Hall–Kier alpha value is -2.14. The summed E-state index contributed by atoms with van der Waals surface area (Å²) in [5, 5.41) is 4.43. The second-order valence-corrected chi connectivity index (χ2v) is 6.63. The molecule has 0 bridgehead atoms. The lowest BCUT2D eigenvalue weighted by molar-refractivity contribution is 0.795. The second-order valence-electron chi connectivity index (χ2n) is 5.26. The van der Waals surface area contributed by atoms with E-state index in [2.05, 4.69) is 41.3 Å². The summed E-state index contributed by atoms with van der Waals surface area (Å²) in [4.78, 5) is 11.4. The zero-order valence-electron chi connectivity index (χ0n) is 12.1. The van der Waals surface area contributed by atoms with Gasteiger partial charge in [0.05, 0.1) is 5.52 Å². The molecule has 0 aliphatic carbocycles. The Morgan fingerprint density at radius 1 is 1.24 bits per heavy atom. The molecule has 0 aliphatic heterocycles. The van der Waals surface area contributed by atoms with Gasteiger partial charge >= 0.3 is 0 Å². The molecule has 0 spiro atoms. The van der Waals surface area contributed by atoms with Crippen LogP contribution >= 0.6 is 11.3 Å². The largest absolute Gasteiger partial charge is 0.399 e. The lowest BCUT2D eigenvalue weighted by Crippen LogP contribution is -2.18. The molecule has 0 radical (unpaired) electrons. The molecule has 108 valence electrons. The van der Waals surface area contributed by atoms with Crippen molar-refractivity contribution >= 4 is 33.7 Å². The zero-order valence-corrected chi connectivity index (χ0v) is 12.9. The van der Waals surface area contributed by atoms with E-state index >= 15 is 0 Å². The summed E-state index contributed by atoms with van der Waals surface area (Å²) in [5.74, 6) is 0.841. The lowest BCUT2D eigenvalue weighted by atomic mass is 10.1. The minimum atomic E-state index is 0.294. The van der Waals surface area contributed by atoms with E-state index in [0.717, 1.165) is 28.8 Å². The Balaban J connectivity index is 1.82. The number of nitrogens with zero attached hydrogens (tertiary/aromatic N) is 2. The van der Waals surface area contributed by atoms with Crippen molar-refractivity contribution in [3.8, 4) is 0 Å². The van der Waals surface area contributed by atoms with Gasteiger partial charge in [-0.2, -0.15) is 0 Å². The van der Waals surface area contributed by atoms with E-state index in [4.69, 9.17) is 5.73 Å². The van der Waals surface area contributed by atoms with E-state index in [0.29, 0.717) is 6.04 Å². The van der Waals surface area contributed by atoms with E-state index in [9.17, 15) is 0 Å². The van der Waals surface area contributed by atoms with Crippen molar-refractivity contribution in [1.82, 2.24) is 9.97 Å². The highest BCUT2D eigenvalue weighted by atomic mass is 32.1. The van der Waals surface area contributed by atoms with Crippen LogP contribution in [0.3, 0.4) is 0 Å². The van der Waals surface area contributed by atoms with Gasteiger partial charge < -0.3 is 11.1 Å². The number of benzene rings is 1. The monoisotopic (exact) mass is 298 g/mol. The first kappa shape index (κ1) is 13.8. The summed E-state index contributed by atoms with van der Waals surface area (Å²) in [6.45, 7) is 4.29. The Labute approximate surface area is 128 Å². The smallest absolute Gasteiger partial charge is 0.137 e. The Kier molecular flexibility index (Phi) is 3.75. The molecule has 5 heteroatoms. The van der Waals surface area contributed by atoms with Crippen LogP contribution < -0.4 is 11.1 Å². The van der Waals surface area contributed by atoms with Gasteiger partial charge in [-0.25, -0.2) is 9.97 Å². The highest BCUT2D eigenvalue weighted by molar-refractivity contribution is 7.11. The van der Waals surface area contributed by atoms with E-state index < -0.39 is 0 Å². The van der Waals surface area contributed by atoms with Gasteiger partial charge in [-0.05, 0) is 44.2 Å². The van der Waals surface area contributed by atoms with Gasteiger partial charge in [-0.15, -0.1) is 11.3 Å². The number of anilines is 2. The summed E-state index contributed by atoms with van der Waals surface area (Å²) in [6, 6.07) is 10.3. The first-order valence-electron chi connectivity index (χ1n) is 6.94. The molecule has 0 amide bonds. The van der Waals surface area contributed by atoms with Crippen molar-refractivity contribution in [3.63, 3.8) is 0 Å². The number of hydrogen-bond acceptors (Lipinski definition) is 5. The van der Waals surface area contributed by atoms with Crippen molar-refractivity contribution < 1.29 is 0 Å². The maximum absolute atomic E-state index is 5.87. The molecule has 1 atom stereocenters. The summed E-state index contributed by atoms with van der Waals surface area (Å²) >= 11 is 1.84. The Bertz CT molecular complexity index is 766. The maximum Gasteiger partial charge on any atom is 0.137 e. The van der Waals surface area contributed by atoms with Crippen LogP contribution in [0.1, 0.15) is 16.7 Å². The predicted octanol–water partition coefficient (Wildman–Crippen LogP) is 3.63. The lowest BCUT2D eigenvalue weighted by Gasteiger charge is -2.15. The second kappa shape index (κ2) is 5.69. The van der Waals surface area contributed by atoms with Crippen molar-refractivity contribution in [3.05, 3.63) is 46.4 Å². The quantitative estimate of drug-likeness (QED) is 0.722. The van der Waals surface area contributed by atoms with Crippen LogP contribution in [0.2, 0.25) is 0 Å². The minimum absolute atomic E-state index is 0.294. The van der Waals surface area contributed by atoms with Gasteiger partial charge in [0.15, 0.2) is 0 Å². The number of nitrogen functional groups attached to an aromatic ring is 1. The molecule has 0 saturated carbocycles. The van der Waals surface area contributed by atoms with Crippen LogP contribution in [0, 0.1) is 6.92 Å². The Morgan fingerprint density at radius 3 is 2.86 bits per heavy atom. The van der Waals surface area contributed by atoms with E-state index in [1.54, 1.807) is 6.33 Å². The fourth-order valence-electron chi connectivity index (χ4n) is 2.37. The normalized spacial score (nSPS) is 12.5. The molecule has 2 aromatic heterocycles. The standard InChI is InChI=1S/C16H18N4S/c1-10(7-13-5-3-11(2)21-13)20-16-14-8-12(17)4-6-15(14)18-9-19-16/h3-6,8-10H,7,17H2,1-2H3,(H,18,19,20). The number of hydrogen-bond donors (Lipinski definition) is 2. The van der Waals surface area contributed by atoms with Crippen LogP contribution in [0.5, 0.6) is 0 Å². The number of fused-ring (bicyclic) bond motifs is 1. The van der Waals surface area contributed by atoms with Crippen molar-refractivity contribution in [1.29, 1.82) is 0 Å². The van der Waals surface area contributed by atoms with E-state index in [1.165, 1.54) is 9.75 Å². The molecule has 3 rings (SSSR count). The molecule has 1 aromatic carbocycles. The van der Waals surface area contributed by atoms with Gasteiger partial charge in [0.1, 0.15) is 12.1 Å². The first-order chi connectivity index (χ1) is 10.1. The fourth-order valence-corrected chi connectivity index (χ4v) is 3.39. The number of aryl methyl sites for hydroxylation is 1. The summed E-state index contributed by atoms with van der Waals surface area (Å²) in [6.07, 6.45) is 2.56. The summed E-state index contributed by atoms with van der Waals surface area (Å²) < 4.78 is 0. The third-order valence-corrected chi connectivity index (χ3v) is 4.37. The molecule has 3 aromatic rings. The van der Waals surface area contributed by atoms with Gasteiger partial charge in [0.2, 0.25) is 0 Å². The van der Waals surface area contributed by atoms with Crippen LogP contribution in [0.4, 0.5) is 11.5 Å². The predicted molar refractivity (Wildman–Crippen MR) is 89.8 cm³/mol. The Morgan fingerprint density at radius 2 is 2.10 bits per heavy atom. The fraction of sp³-hybridized carbons (Fsp3) is 0.250. The molecule has 21 heavy (non-hydrogen) atoms. The number of aromatic nitrogens is 2. The van der Waals surface area contributed by atoms with Gasteiger partial charge in [-0.3, -0.25) is 0 Å². The third-order valence-electron chi connectivity index (χ3n) is 3.35. The van der Waals surface area contributed by atoms with Gasteiger partial charge in [0, 0.05) is 33.3 Å².